The van der Waals surface area contributed by atoms with Crippen LogP contribution in [0.2, 0.25) is 0 Å². The van der Waals surface area contributed by atoms with Gasteiger partial charge in [-0.15, -0.1) is 0 Å². The highest BCUT2D eigenvalue weighted by molar-refractivity contribution is 5.81. The second-order valence-corrected chi connectivity index (χ2v) is 5.17. The van der Waals surface area contributed by atoms with Crippen LogP contribution in [0.3, 0.4) is 0 Å². The van der Waals surface area contributed by atoms with E-state index in [2.05, 4.69) is 0 Å². The molecule has 118 valence electrons. The van der Waals surface area contributed by atoms with Crippen LogP contribution in [0.5, 0.6) is 0 Å². The van der Waals surface area contributed by atoms with E-state index in [0.29, 0.717) is 10.5 Å². The van der Waals surface area contributed by atoms with Crippen LogP contribution in [0.4, 0.5) is 13.6 Å². The first-order valence-corrected chi connectivity index (χ1v) is 6.64. The molecule has 6 nitrogen and oxygen atoms in total. The number of halogens is 2. The summed E-state index contributed by atoms with van der Waals surface area (Å²) in [6.45, 7) is -0.598. The smallest absolute Gasteiger partial charge is 0.411 e. The van der Waals surface area contributed by atoms with E-state index in [-0.39, 0.29) is 6.61 Å². The van der Waals surface area contributed by atoms with Crippen LogP contribution in [-0.4, -0.2) is 52.8 Å². The van der Waals surface area contributed by atoms with Crippen LogP contribution >= 0.6 is 0 Å². The fourth-order valence-electron chi connectivity index (χ4n) is 2.51. The van der Waals surface area contributed by atoms with Gasteiger partial charge in [0.15, 0.2) is 6.04 Å². The molecule has 1 saturated heterocycles. The summed E-state index contributed by atoms with van der Waals surface area (Å²) in [6.07, 6.45) is -2.53. The first-order chi connectivity index (χ1) is 10.4. The average molecular weight is 313 g/mol. The number of rotatable bonds is 3. The van der Waals surface area contributed by atoms with Crippen LogP contribution in [0, 0.1) is 0 Å². The van der Waals surface area contributed by atoms with Gasteiger partial charge in [-0.2, -0.15) is 0 Å². The van der Waals surface area contributed by atoms with Crippen LogP contribution < -0.4 is 0 Å². The fraction of sp³-hybridized carbons (Fsp3) is 0.429. The highest BCUT2D eigenvalue weighted by Crippen LogP contribution is 2.51. The lowest BCUT2D eigenvalue weighted by atomic mass is 10.2. The minimum atomic E-state index is -3.24. The van der Waals surface area contributed by atoms with Gasteiger partial charge < -0.3 is 14.6 Å². The molecule has 0 spiro atoms. The molecule has 2 aliphatic rings. The van der Waals surface area contributed by atoms with Crippen molar-refractivity contribution in [3.63, 3.8) is 0 Å². The number of carbonyl (C=O) groups is 2. The van der Waals surface area contributed by atoms with Gasteiger partial charge in [0.1, 0.15) is 18.8 Å². The Hall–Kier alpha value is -2.22. The maximum atomic E-state index is 13.5. The third-order valence-electron chi connectivity index (χ3n) is 3.72. The number of morpholine rings is 1. The Kier molecular flexibility index (Phi) is 3.48. The van der Waals surface area contributed by atoms with Gasteiger partial charge >= 0.3 is 12.1 Å². The molecule has 1 N–H and O–H groups in total. The van der Waals surface area contributed by atoms with E-state index in [1.165, 1.54) is 0 Å². The number of carbonyl (C=O) groups excluding carboxylic acids is 1. The molecule has 1 heterocycles. The van der Waals surface area contributed by atoms with E-state index in [9.17, 15) is 18.4 Å². The summed E-state index contributed by atoms with van der Waals surface area (Å²) in [7, 11) is 0. The molecule has 1 aromatic rings. The zero-order valence-electron chi connectivity index (χ0n) is 11.3. The molecular weight excluding hydrogens is 300 g/mol. The Bertz CT molecular complexity index is 594. The summed E-state index contributed by atoms with van der Waals surface area (Å²) in [6, 6.07) is 5.62. The molecular formula is C14H13F2NO5. The van der Waals surface area contributed by atoms with E-state index in [1.807, 2.05) is 0 Å². The number of amides is 1. The Morgan fingerprint density at radius 1 is 1.36 bits per heavy atom. The van der Waals surface area contributed by atoms with Gasteiger partial charge in [0.25, 0.3) is 5.92 Å². The first-order valence-electron chi connectivity index (χ1n) is 6.64. The topological polar surface area (TPSA) is 76.1 Å². The number of benzene rings is 1. The number of carboxylic acid groups (broad SMARTS) is 1. The predicted octanol–water partition coefficient (Wildman–Crippen LogP) is 1.49. The average Bonchev–Trinajstić information content (AvgIpc) is 3.07. The van der Waals surface area contributed by atoms with Gasteiger partial charge in [0, 0.05) is 0 Å². The highest BCUT2D eigenvalue weighted by Gasteiger charge is 2.77. The molecule has 1 amide bonds. The van der Waals surface area contributed by atoms with Crippen molar-refractivity contribution in [3.8, 4) is 0 Å². The third-order valence-corrected chi connectivity index (χ3v) is 3.72. The van der Waals surface area contributed by atoms with Crippen molar-refractivity contribution in [2.45, 2.75) is 30.7 Å². The highest BCUT2D eigenvalue weighted by atomic mass is 19.3. The third kappa shape index (κ3) is 2.39. The number of alkyl halides is 2. The molecule has 0 aromatic heterocycles. The lowest BCUT2D eigenvalue weighted by Crippen LogP contribution is -2.53. The number of nitrogens with zero attached hydrogens (tertiary/aromatic N) is 1. The SMILES string of the molecule is O=C(O)C1COC2C(N1C(=O)OCc1ccccc1)C2(F)F. The summed E-state index contributed by atoms with van der Waals surface area (Å²) in [4.78, 5) is 23.8. The van der Waals surface area contributed by atoms with Gasteiger partial charge in [-0.25, -0.2) is 18.4 Å². The van der Waals surface area contributed by atoms with Crippen molar-refractivity contribution in [2.24, 2.45) is 0 Å². The summed E-state index contributed by atoms with van der Waals surface area (Å²) >= 11 is 0. The first kappa shape index (κ1) is 14.7. The van der Waals surface area contributed by atoms with Gasteiger partial charge in [-0.3, -0.25) is 4.90 Å². The molecule has 2 fully saturated rings. The van der Waals surface area contributed by atoms with Crippen LogP contribution in [0.1, 0.15) is 5.56 Å². The van der Waals surface area contributed by atoms with Crippen molar-refractivity contribution in [1.82, 2.24) is 4.90 Å². The second kappa shape index (κ2) is 5.20. The molecule has 1 aliphatic heterocycles. The monoisotopic (exact) mass is 313 g/mol. The van der Waals surface area contributed by atoms with Crippen LogP contribution in [0.25, 0.3) is 0 Å². The minimum Gasteiger partial charge on any atom is -0.480 e. The standard InChI is InChI=1S/C14H13F2NO5/c15-14(16)10-11(14)21-7-9(12(18)19)17(10)13(20)22-6-8-4-2-1-3-5-8/h1-5,9-11H,6-7H2,(H,18,19). The number of hydrogen-bond acceptors (Lipinski definition) is 4. The lowest BCUT2D eigenvalue weighted by Gasteiger charge is -2.30. The number of hydrogen-bond donors (Lipinski definition) is 1. The van der Waals surface area contributed by atoms with E-state index in [1.54, 1.807) is 30.3 Å². The summed E-state index contributed by atoms with van der Waals surface area (Å²) in [5, 5.41) is 9.07. The van der Waals surface area contributed by atoms with Crippen molar-refractivity contribution >= 4 is 12.1 Å². The molecule has 8 heteroatoms. The van der Waals surface area contributed by atoms with Crippen molar-refractivity contribution in [2.75, 3.05) is 6.61 Å². The normalized spacial score (nSPS) is 28.6. The number of fused-ring (bicyclic) bond motifs is 1. The summed E-state index contributed by atoms with van der Waals surface area (Å²) < 4.78 is 36.9. The quantitative estimate of drug-likeness (QED) is 0.915. The van der Waals surface area contributed by atoms with Crippen molar-refractivity contribution < 1.29 is 33.0 Å². The largest absolute Gasteiger partial charge is 0.480 e. The Morgan fingerprint density at radius 2 is 2.05 bits per heavy atom. The summed E-state index contributed by atoms with van der Waals surface area (Å²) in [5.41, 5.74) is 0.676. The molecule has 0 bridgehead atoms. The molecule has 1 saturated carbocycles. The van der Waals surface area contributed by atoms with Crippen LogP contribution in [0.15, 0.2) is 30.3 Å². The number of carboxylic acids is 1. The Balaban J connectivity index is 1.72. The zero-order chi connectivity index (χ0) is 15.9. The number of ether oxygens (including phenoxy) is 2. The Labute approximate surface area is 124 Å². The molecule has 1 aliphatic carbocycles. The fourth-order valence-corrected chi connectivity index (χ4v) is 2.51. The van der Waals surface area contributed by atoms with E-state index in [0.717, 1.165) is 0 Å². The van der Waals surface area contributed by atoms with Gasteiger partial charge in [0.05, 0.1) is 6.61 Å². The maximum absolute atomic E-state index is 13.5. The molecule has 22 heavy (non-hydrogen) atoms. The van der Waals surface area contributed by atoms with Gasteiger partial charge in [0.2, 0.25) is 0 Å². The van der Waals surface area contributed by atoms with E-state index in [4.69, 9.17) is 14.6 Å². The number of aliphatic carboxylic acids is 1. The zero-order valence-corrected chi connectivity index (χ0v) is 11.3. The molecule has 3 atom stereocenters. The molecule has 3 rings (SSSR count). The summed E-state index contributed by atoms with van der Waals surface area (Å²) in [5.74, 6) is -4.64. The van der Waals surface area contributed by atoms with E-state index >= 15 is 0 Å². The van der Waals surface area contributed by atoms with Crippen LogP contribution in [-0.2, 0) is 20.9 Å². The van der Waals surface area contributed by atoms with Gasteiger partial charge in [-0.1, -0.05) is 30.3 Å². The lowest BCUT2D eigenvalue weighted by molar-refractivity contribution is -0.148. The molecule has 1 aromatic carbocycles. The predicted molar refractivity (Wildman–Crippen MR) is 68.4 cm³/mol. The second-order valence-electron chi connectivity index (χ2n) is 5.17. The minimum absolute atomic E-state index is 0.119. The molecule has 0 radical (unpaired) electrons. The maximum Gasteiger partial charge on any atom is 0.411 e. The Morgan fingerprint density at radius 3 is 2.68 bits per heavy atom. The van der Waals surface area contributed by atoms with Crippen molar-refractivity contribution in [1.29, 1.82) is 0 Å². The van der Waals surface area contributed by atoms with E-state index < -0.39 is 42.8 Å². The molecule has 3 unspecified atom stereocenters. The van der Waals surface area contributed by atoms with Crippen molar-refractivity contribution in [3.05, 3.63) is 35.9 Å². The van der Waals surface area contributed by atoms with Gasteiger partial charge in [-0.05, 0) is 5.56 Å².